The normalized spacial score (nSPS) is 32.2. The lowest BCUT2D eigenvalue weighted by atomic mass is 9.98. The molecule has 0 spiro atoms. The predicted molar refractivity (Wildman–Crippen MR) is 51.2 cm³/mol. The Kier molecular flexibility index (Phi) is 4.02. The van der Waals surface area contributed by atoms with Crippen LogP contribution in [0.1, 0.15) is 26.2 Å². The van der Waals surface area contributed by atoms with E-state index < -0.39 is 0 Å². The van der Waals surface area contributed by atoms with Crippen LogP contribution < -0.4 is 5.32 Å². The van der Waals surface area contributed by atoms with E-state index in [2.05, 4.69) is 12.2 Å². The van der Waals surface area contributed by atoms with Crippen LogP contribution in [0.25, 0.3) is 0 Å². The summed E-state index contributed by atoms with van der Waals surface area (Å²) in [5.41, 5.74) is 0. The average molecular weight is 171 g/mol. The lowest BCUT2D eigenvalue weighted by Crippen LogP contribution is -2.36. The minimum absolute atomic E-state index is 0.569. The molecule has 2 heteroatoms. The molecule has 0 heterocycles. The third-order valence-corrected chi connectivity index (χ3v) is 3.02. The van der Waals surface area contributed by atoms with Crippen molar-refractivity contribution in [2.45, 2.75) is 32.2 Å². The van der Waals surface area contributed by atoms with Gasteiger partial charge in [0.1, 0.15) is 0 Å². The van der Waals surface area contributed by atoms with Crippen LogP contribution in [-0.4, -0.2) is 26.8 Å². The number of methoxy groups -OCH3 is 1. The molecule has 0 amide bonds. The maximum Gasteiger partial charge on any atom is 0.0618 e. The molecule has 12 heavy (non-hydrogen) atoms. The molecule has 3 unspecified atom stereocenters. The van der Waals surface area contributed by atoms with Crippen LogP contribution in [-0.2, 0) is 4.74 Å². The quantitative estimate of drug-likeness (QED) is 0.694. The summed E-state index contributed by atoms with van der Waals surface area (Å²) >= 11 is 0. The topological polar surface area (TPSA) is 21.3 Å². The van der Waals surface area contributed by atoms with Gasteiger partial charge in [-0.1, -0.05) is 13.3 Å². The van der Waals surface area contributed by atoms with E-state index in [0.717, 1.165) is 18.4 Å². The van der Waals surface area contributed by atoms with Crippen LogP contribution in [0.2, 0.25) is 0 Å². The molecule has 0 aliphatic heterocycles. The number of hydrogen-bond acceptors (Lipinski definition) is 2. The molecule has 0 aromatic heterocycles. The van der Waals surface area contributed by atoms with Crippen molar-refractivity contribution in [2.75, 3.05) is 20.8 Å². The zero-order valence-corrected chi connectivity index (χ0v) is 8.47. The molecular weight excluding hydrogens is 150 g/mol. The van der Waals surface area contributed by atoms with Gasteiger partial charge < -0.3 is 10.1 Å². The summed E-state index contributed by atoms with van der Waals surface area (Å²) in [5.74, 6) is 1.76. The van der Waals surface area contributed by atoms with E-state index in [1.807, 2.05) is 7.05 Å². The molecule has 1 fully saturated rings. The molecule has 1 aliphatic carbocycles. The van der Waals surface area contributed by atoms with E-state index in [1.165, 1.54) is 19.3 Å². The molecule has 0 radical (unpaired) electrons. The summed E-state index contributed by atoms with van der Waals surface area (Å²) < 4.78 is 5.18. The van der Waals surface area contributed by atoms with Crippen LogP contribution in [0.3, 0.4) is 0 Å². The van der Waals surface area contributed by atoms with Gasteiger partial charge in [-0.15, -0.1) is 0 Å². The first-order valence-electron chi connectivity index (χ1n) is 4.94. The fourth-order valence-corrected chi connectivity index (χ4v) is 2.25. The summed E-state index contributed by atoms with van der Waals surface area (Å²) in [6.45, 7) is 3.20. The van der Waals surface area contributed by atoms with E-state index in [0.29, 0.717) is 6.04 Å². The summed E-state index contributed by atoms with van der Waals surface area (Å²) in [7, 11) is 3.81. The van der Waals surface area contributed by atoms with Crippen molar-refractivity contribution < 1.29 is 4.74 Å². The van der Waals surface area contributed by atoms with Crippen molar-refractivity contribution in [3.05, 3.63) is 0 Å². The smallest absolute Gasteiger partial charge is 0.0618 e. The second-order valence-corrected chi connectivity index (χ2v) is 4.03. The third-order valence-electron chi connectivity index (χ3n) is 3.02. The van der Waals surface area contributed by atoms with Gasteiger partial charge in [0.05, 0.1) is 6.61 Å². The van der Waals surface area contributed by atoms with Gasteiger partial charge in [-0.3, -0.25) is 0 Å². The molecule has 72 valence electrons. The Morgan fingerprint density at radius 1 is 1.50 bits per heavy atom. The Balaban J connectivity index is 2.33. The van der Waals surface area contributed by atoms with Gasteiger partial charge in [-0.2, -0.15) is 0 Å². The van der Waals surface area contributed by atoms with E-state index in [9.17, 15) is 0 Å². The SMILES string of the molecule is CNC(COC)C1CCC(C)C1. The Morgan fingerprint density at radius 2 is 2.25 bits per heavy atom. The minimum atomic E-state index is 0.569. The number of hydrogen-bond donors (Lipinski definition) is 1. The Labute approximate surface area is 75.7 Å². The summed E-state index contributed by atoms with van der Waals surface area (Å²) in [4.78, 5) is 0. The molecule has 1 saturated carbocycles. The fraction of sp³-hybridized carbons (Fsp3) is 1.00. The largest absolute Gasteiger partial charge is 0.383 e. The van der Waals surface area contributed by atoms with Crippen LogP contribution in [0.4, 0.5) is 0 Å². The zero-order chi connectivity index (χ0) is 8.97. The predicted octanol–water partition coefficient (Wildman–Crippen LogP) is 1.66. The fourth-order valence-electron chi connectivity index (χ4n) is 2.25. The highest BCUT2D eigenvalue weighted by atomic mass is 16.5. The number of ether oxygens (including phenoxy) is 1. The van der Waals surface area contributed by atoms with Gasteiger partial charge in [-0.05, 0) is 31.7 Å². The third kappa shape index (κ3) is 2.46. The molecule has 0 aromatic carbocycles. The number of rotatable bonds is 4. The van der Waals surface area contributed by atoms with Gasteiger partial charge in [0, 0.05) is 13.2 Å². The number of nitrogens with one attached hydrogen (secondary N) is 1. The summed E-state index contributed by atoms with van der Waals surface area (Å²) in [6, 6.07) is 0.569. The minimum Gasteiger partial charge on any atom is -0.383 e. The summed E-state index contributed by atoms with van der Waals surface area (Å²) in [5, 5.41) is 3.34. The first kappa shape index (κ1) is 10.0. The molecule has 1 rings (SSSR count). The van der Waals surface area contributed by atoms with Crippen molar-refractivity contribution in [3.8, 4) is 0 Å². The van der Waals surface area contributed by atoms with E-state index in [-0.39, 0.29) is 0 Å². The van der Waals surface area contributed by atoms with Crippen LogP contribution in [0.5, 0.6) is 0 Å². The Hall–Kier alpha value is -0.0800. The van der Waals surface area contributed by atoms with Gasteiger partial charge in [0.15, 0.2) is 0 Å². The first-order valence-corrected chi connectivity index (χ1v) is 4.94. The lowest BCUT2D eigenvalue weighted by molar-refractivity contribution is 0.143. The maximum absolute atomic E-state index is 5.18. The molecule has 0 saturated heterocycles. The maximum atomic E-state index is 5.18. The van der Waals surface area contributed by atoms with E-state index >= 15 is 0 Å². The van der Waals surface area contributed by atoms with Gasteiger partial charge in [0.2, 0.25) is 0 Å². The highest BCUT2D eigenvalue weighted by molar-refractivity contribution is 4.82. The van der Waals surface area contributed by atoms with Crippen LogP contribution in [0.15, 0.2) is 0 Å². The summed E-state index contributed by atoms with van der Waals surface area (Å²) in [6.07, 6.45) is 4.14. The Bertz CT molecular complexity index is 125. The highest BCUT2D eigenvalue weighted by Crippen LogP contribution is 2.32. The molecular formula is C10H21NO. The second kappa shape index (κ2) is 4.83. The van der Waals surface area contributed by atoms with Gasteiger partial charge in [-0.25, -0.2) is 0 Å². The standard InChI is InChI=1S/C10H21NO/c1-8-4-5-9(6-8)10(11-2)7-12-3/h8-11H,4-7H2,1-3H3. The average Bonchev–Trinajstić information content (AvgIpc) is 2.47. The van der Waals surface area contributed by atoms with Crippen molar-refractivity contribution in [1.82, 2.24) is 5.32 Å². The monoisotopic (exact) mass is 171 g/mol. The molecule has 0 bridgehead atoms. The second-order valence-electron chi connectivity index (χ2n) is 4.03. The highest BCUT2D eigenvalue weighted by Gasteiger charge is 2.27. The van der Waals surface area contributed by atoms with Gasteiger partial charge in [0.25, 0.3) is 0 Å². The van der Waals surface area contributed by atoms with Crippen LogP contribution >= 0.6 is 0 Å². The van der Waals surface area contributed by atoms with Crippen molar-refractivity contribution in [1.29, 1.82) is 0 Å². The molecule has 3 atom stereocenters. The van der Waals surface area contributed by atoms with Gasteiger partial charge >= 0.3 is 0 Å². The van der Waals surface area contributed by atoms with Crippen molar-refractivity contribution in [3.63, 3.8) is 0 Å². The molecule has 0 aromatic rings. The van der Waals surface area contributed by atoms with Crippen LogP contribution in [0, 0.1) is 11.8 Å². The van der Waals surface area contributed by atoms with E-state index in [1.54, 1.807) is 7.11 Å². The molecule has 1 N–H and O–H groups in total. The van der Waals surface area contributed by atoms with E-state index in [4.69, 9.17) is 4.74 Å². The molecule has 1 aliphatic rings. The Morgan fingerprint density at radius 3 is 2.67 bits per heavy atom. The molecule has 2 nitrogen and oxygen atoms in total. The van der Waals surface area contributed by atoms with Crippen molar-refractivity contribution in [2.24, 2.45) is 11.8 Å². The first-order chi connectivity index (χ1) is 5.77. The number of likely N-dealkylation sites (N-methyl/N-ethyl adjacent to an activating group) is 1. The lowest BCUT2D eigenvalue weighted by Gasteiger charge is -2.22. The van der Waals surface area contributed by atoms with Crippen molar-refractivity contribution >= 4 is 0 Å². The zero-order valence-electron chi connectivity index (χ0n) is 8.47.